The molecule has 7 nitrogen and oxygen atoms in total. The second-order valence-corrected chi connectivity index (χ2v) is 4.98. The lowest BCUT2D eigenvalue weighted by molar-refractivity contribution is -0.123. The van der Waals surface area contributed by atoms with Gasteiger partial charge in [0.25, 0.3) is 5.91 Å². The summed E-state index contributed by atoms with van der Waals surface area (Å²) < 4.78 is 32.9. The lowest BCUT2D eigenvalue weighted by atomic mass is 10.3. The molecule has 9 heteroatoms. The van der Waals surface area contributed by atoms with Crippen molar-refractivity contribution in [2.75, 3.05) is 6.61 Å². The number of nitrogens with zero attached hydrogens (tertiary/aromatic N) is 4. The highest BCUT2D eigenvalue weighted by molar-refractivity contribution is 5.77. The molecule has 0 atom stereocenters. The van der Waals surface area contributed by atoms with E-state index in [0.29, 0.717) is 11.5 Å². The van der Waals surface area contributed by atoms with Gasteiger partial charge in [0.15, 0.2) is 24.0 Å². The summed E-state index contributed by atoms with van der Waals surface area (Å²) in [5.41, 5.74) is 0.554. The Morgan fingerprint density at radius 3 is 2.64 bits per heavy atom. The zero-order chi connectivity index (χ0) is 17.6. The molecule has 0 saturated heterocycles. The van der Waals surface area contributed by atoms with Crippen LogP contribution in [0.25, 0.3) is 5.69 Å². The predicted octanol–water partition coefficient (Wildman–Crippen LogP) is 1.64. The van der Waals surface area contributed by atoms with E-state index in [2.05, 4.69) is 20.8 Å². The summed E-state index contributed by atoms with van der Waals surface area (Å²) in [4.78, 5) is 11.8. The summed E-state index contributed by atoms with van der Waals surface area (Å²) in [7, 11) is 0. The summed E-state index contributed by atoms with van der Waals surface area (Å²) in [6, 6.07) is 11.4. The van der Waals surface area contributed by atoms with E-state index in [1.165, 1.54) is 47.1 Å². The van der Waals surface area contributed by atoms with Crippen LogP contribution >= 0.6 is 0 Å². The fourth-order valence-electron chi connectivity index (χ4n) is 2.03. The van der Waals surface area contributed by atoms with Crippen LogP contribution in [0.5, 0.6) is 5.75 Å². The van der Waals surface area contributed by atoms with Crippen LogP contribution in [0.3, 0.4) is 0 Å². The van der Waals surface area contributed by atoms with E-state index >= 15 is 0 Å². The van der Waals surface area contributed by atoms with Crippen molar-refractivity contribution in [3.8, 4) is 11.4 Å². The van der Waals surface area contributed by atoms with Crippen molar-refractivity contribution in [3.63, 3.8) is 0 Å². The predicted molar refractivity (Wildman–Crippen MR) is 82.9 cm³/mol. The van der Waals surface area contributed by atoms with Crippen LogP contribution in [-0.2, 0) is 11.3 Å². The first-order valence-electron chi connectivity index (χ1n) is 7.31. The van der Waals surface area contributed by atoms with E-state index in [-0.39, 0.29) is 24.7 Å². The molecule has 0 saturated carbocycles. The van der Waals surface area contributed by atoms with Crippen molar-refractivity contribution >= 4 is 5.91 Å². The number of hydrogen-bond acceptors (Lipinski definition) is 5. The average molecular weight is 345 g/mol. The van der Waals surface area contributed by atoms with E-state index < -0.39 is 11.7 Å². The minimum Gasteiger partial charge on any atom is -0.481 e. The summed E-state index contributed by atoms with van der Waals surface area (Å²) in [6.07, 6.45) is 0. The summed E-state index contributed by atoms with van der Waals surface area (Å²) in [6.45, 7) is -0.317. The molecule has 3 aromatic rings. The van der Waals surface area contributed by atoms with E-state index in [1.807, 2.05) is 0 Å². The molecule has 0 bridgehead atoms. The van der Waals surface area contributed by atoms with Gasteiger partial charge in [0, 0.05) is 0 Å². The van der Waals surface area contributed by atoms with Crippen LogP contribution in [0.4, 0.5) is 8.78 Å². The fraction of sp³-hybridized carbons (Fsp3) is 0.125. The SMILES string of the molecule is O=C(COc1ccccc1F)NCc1nnnn1-c1ccc(F)cc1. The van der Waals surface area contributed by atoms with Gasteiger partial charge in [-0.15, -0.1) is 5.10 Å². The maximum Gasteiger partial charge on any atom is 0.258 e. The third kappa shape index (κ3) is 4.14. The lowest BCUT2D eigenvalue weighted by Gasteiger charge is -2.08. The number of carbonyl (C=O) groups is 1. The quantitative estimate of drug-likeness (QED) is 0.734. The molecule has 0 fully saturated rings. The van der Waals surface area contributed by atoms with Crippen LogP contribution in [-0.4, -0.2) is 32.7 Å². The number of nitrogens with one attached hydrogen (secondary N) is 1. The second kappa shape index (κ2) is 7.47. The Hall–Kier alpha value is -3.36. The van der Waals surface area contributed by atoms with Crippen molar-refractivity contribution in [1.82, 2.24) is 25.5 Å². The number of hydrogen-bond donors (Lipinski definition) is 1. The van der Waals surface area contributed by atoms with Crippen LogP contribution in [0.2, 0.25) is 0 Å². The Labute approximate surface area is 141 Å². The maximum absolute atomic E-state index is 13.4. The normalized spacial score (nSPS) is 10.5. The van der Waals surface area contributed by atoms with Crippen molar-refractivity contribution in [2.45, 2.75) is 6.54 Å². The largest absolute Gasteiger partial charge is 0.481 e. The molecule has 1 amide bonds. The first-order valence-corrected chi connectivity index (χ1v) is 7.31. The lowest BCUT2D eigenvalue weighted by Crippen LogP contribution is -2.29. The molecule has 0 spiro atoms. The third-order valence-corrected chi connectivity index (χ3v) is 3.24. The maximum atomic E-state index is 13.4. The molecule has 0 unspecified atom stereocenters. The molecule has 2 aromatic carbocycles. The minimum absolute atomic E-state index is 0.00574. The van der Waals surface area contributed by atoms with Crippen molar-refractivity contribution < 1.29 is 18.3 Å². The van der Waals surface area contributed by atoms with Crippen molar-refractivity contribution in [1.29, 1.82) is 0 Å². The van der Waals surface area contributed by atoms with Gasteiger partial charge in [0.2, 0.25) is 0 Å². The van der Waals surface area contributed by atoms with Gasteiger partial charge >= 0.3 is 0 Å². The topological polar surface area (TPSA) is 81.9 Å². The average Bonchev–Trinajstić information content (AvgIpc) is 3.08. The second-order valence-electron chi connectivity index (χ2n) is 4.98. The molecule has 0 radical (unpaired) electrons. The number of rotatable bonds is 6. The van der Waals surface area contributed by atoms with Gasteiger partial charge in [0.1, 0.15) is 5.82 Å². The van der Waals surface area contributed by atoms with Crippen LogP contribution in [0, 0.1) is 11.6 Å². The first-order chi connectivity index (χ1) is 12.1. The van der Waals surface area contributed by atoms with Crippen LogP contribution in [0.1, 0.15) is 5.82 Å². The smallest absolute Gasteiger partial charge is 0.258 e. The molecule has 1 N–H and O–H groups in total. The number of para-hydroxylation sites is 1. The Bertz CT molecular complexity index is 867. The Balaban J connectivity index is 1.57. The molecule has 0 aliphatic heterocycles. The molecular formula is C16H13F2N5O2. The van der Waals surface area contributed by atoms with Gasteiger partial charge in [-0.25, -0.2) is 8.78 Å². The molecule has 1 heterocycles. The monoisotopic (exact) mass is 345 g/mol. The van der Waals surface area contributed by atoms with Crippen molar-refractivity contribution in [3.05, 3.63) is 66.0 Å². The van der Waals surface area contributed by atoms with Crippen LogP contribution < -0.4 is 10.1 Å². The Morgan fingerprint density at radius 2 is 1.88 bits per heavy atom. The molecule has 0 aliphatic rings. The third-order valence-electron chi connectivity index (χ3n) is 3.24. The van der Waals surface area contributed by atoms with Gasteiger partial charge in [-0.05, 0) is 46.8 Å². The Morgan fingerprint density at radius 1 is 1.12 bits per heavy atom. The molecule has 3 rings (SSSR count). The summed E-state index contributed by atoms with van der Waals surface area (Å²) in [5.74, 6) is -1.04. The fourth-order valence-corrected chi connectivity index (χ4v) is 2.03. The number of ether oxygens (including phenoxy) is 1. The van der Waals surface area contributed by atoms with E-state index in [9.17, 15) is 13.6 Å². The van der Waals surface area contributed by atoms with E-state index in [4.69, 9.17) is 4.74 Å². The first kappa shape index (κ1) is 16.5. The zero-order valence-electron chi connectivity index (χ0n) is 12.9. The highest BCUT2D eigenvalue weighted by Gasteiger charge is 2.11. The number of carbonyl (C=O) groups excluding carboxylic acids is 1. The van der Waals surface area contributed by atoms with Gasteiger partial charge in [-0.1, -0.05) is 12.1 Å². The standard InChI is InChI=1S/C16H13F2N5O2/c17-11-5-7-12(8-6-11)23-15(20-21-22-23)9-19-16(24)10-25-14-4-2-1-3-13(14)18/h1-8H,9-10H2,(H,19,24). The van der Waals surface area contributed by atoms with Gasteiger partial charge in [0.05, 0.1) is 12.2 Å². The highest BCUT2D eigenvalue weighted by atomic mass is 19.1. The van der Waals surface area contributed by atoms with Crippen LogP contribution in [0.15, 0.2) is 48.5 Å². The number of amides is 1. The zero-order valence-corrected chi connectivity index (χ0v) is 12.9. The number of aromatic nitrogens is 4. The molecule has 0 aliphatic carbocycles. The highest BCUT2D eigenvalue weighted by Crippen LogP contribution is 2.15. The van der Waals surface area contributed by atoms with Gasteiger partial charge in [-0.2, -0.15) is 4.68 Å². The minimum atomic E-state index is -0.546. The number of tetrazole rings is 1. The summed E-state index contributed by atoms with van der Waals surface area (Å²) >= 11 is 0. The van der Waals surface area contributed by atoms with Gasteiger partial charge in [-0.3, -0.25) is 4.79 Å². The molecular weight excluding hydrogens is 332 g/mol. The number of halogens is 2. The van der Waals surface area contributed by atoms with Crippen molar-refractivity contribution in [2.24, 2.45) is 0 Å². The van der Waals surface area contributed by atoms with Gasteiger partial charge < -0.3 is 10.1 Å². The van der Waals surface area contributed by atoms with E-state index in [0.717, 1.165) is 0 Å². The van der Waals surface area contributed by atoms with E-state index in [1.54, 1.807) is 6.07 Å². The molecule has 128 valence electrons. The summed E-state index contributed by atoms with van der Waals surface area (Å²) in [5, 5.41) is 13.7. The Kier molecular flexibility index (Phi) is 4.93. The molecule has 25 heavy (non-hydrogen) atoms. The number of benzene rings is 2. The molecule has 1 aromatic heterocycles.